The van der Waals surface area contributed by atoms with Gasteiger partial charge in [0.2, 0.25) is 0 Å². The first-order valence-corrected chi connectivity index (χ1v) is 13.8. The number of hydrogen-bond donors (Lipinski definition) is 2. The first-order chi connectivity index (χ1) is 17.7. The molecule has 1 atom stereocenters. The number of nitrogens with one attached hydrogen (secondary N) is 1. The lowest BCUT2D eigenvalue weighted by molar-refractivity contribution is -0.118. The van der Waals surface area contributed by atoms with Gasteiger partial charge in [0.15, 0.2) is 5.78 Å². The minimum absolute atomic E-state index is 0.0225. The van der Waals surface area contributed by atoms with Gasteiger partial charge >= 0.3 is 0 Å². The number of carbonyl (C=O) groups is 1. The number of anilines is 1. The summed E-state index contributed by atoms with van der Waals surface area (Å²) in [4.78, 5) is 16.9. The number of halogens is 1. The first-order valence-electron chi connectivity index (χ1n) is 12.2. The van der Waals surface area contributed by atoms with Crippen LogP contribution in [0.5, 0.6) is 0 Å². The van der Waals surface area contributed by atoms with E-state index in [1.54, 1.807) is 36.0 Å². The Morgan fingerprint density at radius 2 is 1.65 bits per heavy atom. The fourth-order valence-electron chi connectivity index (χ4n) is 5.37. The Labute approximate surface area is 227 Å². The molecule has 3 aromatic rings. The summed E-state index contributed by atoms with van der Waals surface area (Å²) < 4.78 is 0. The van der Waals surface area contributed by atoms with Gasteiger partial charge < -0.3 is 5.11 Å². The van der Waals surface area contributed by atoms with E-state index >= 15 is 0 Å². The quantitative estimate of drug-likeness (QED) is 0.264. The van der Waals surface area contributed by atoms with Gasteiger partial charge in [0.05, 0.1) is 0 Å². The third kappa shape index (κ3) is 4.74. The second kappa shape index (κ2) is 9.88. The Bertz CT molecular complexity index is 1420. The summed E-state index contributed by atoms with van der Waals surface area (Å²) >= 11 is 7.77. The molecular weight excluding hydrogens is 500 g/mol. The largest absolute Gasteiger partial charge is 0.507 e. The van der Waals surface area contributed by atoms with Crippen molar-refractivity contribution < 1.29 is 9.90 Å². The van der Waals surface area contributed by atoms with E-state index in [0.29, 0.717) is 34.6 Å². The standard InChI is InChI=1S/C31H29ClN2O2S/c1-31(2)17-24-27(25(35)18-31)26(19-11-15-23(37-3)16-12-19)28(29(36)20-9-13-21(32)14-10-20)30(33)34(24)22-7-5-4-6-8-22/h4-16,26,33,36H,17-18H2,1-3H3/b29-28+,33-30?. The van der Waals surface area contributed by atoms with Crippen LogP contribution in [0.3, 0.4) is 0 Å². The number of nitrogens with zero attached hydrogens (tertiary/aromatic N) is 1. The van der Waals surface area contributed by atoms with Crippen LogP contribution in [0, 0.1) is 10.8 Å². The maximum absolute atomic E-state index is 13.9. The van der Waals surface area contributed by atoms with E-state index in [1.807, 2.05) is 65.8 Å². The Kier molecular flexibility index (Phi) is 6.78. The van der Waals surface area contributed by atoms with E-state index in [-0.39, 0.29) is 22.8 Å². The number of rotatable bonds is 4. The summed E-state index contributed by atoms with van der Waals surface area (Å²) in [5, 5.41) is 21.7. The number of Topliss-reactive ketones (excluding diaryl/α,β-unsaturated/α-hetero) is 1. The number of para-hydroxylation sites is 1. The van der Waals surface area contributed by atoms with Crippen molar-refractivity contribution in [2.24, 2.45) is 5.41 Å². The number of carbonyl (C=O) groups excluding carboxylic acids is 1. The Morgan fingerprint density at radius 3 is 2.27 bits per heavy atom. The van der Waals surface area contributed by atoms with Crippen molar-refractivity contribution in [1.82, 2.24) is 0 Å². The molecule has 0 fully saturated rings. The number of benzene rings is 3. The molecule has 0 radical (unpaired) electrons. The van der Waals surface area contributed by atoms with Crippen LogP contribution in [0.25, 0.3) is 5.76 Å². The number of thioether (sulfide) groups is 1. The molecule has 0 bridgehead atoms. The average Bonchev–Trinajstić information content (AvgIpc) is 2.88. The molecule has 188 valence electrons. The van der Waals surface area contributed by atoms with Gasteiger partial charge in [-0.05, 0) is 72.2 Å². The highest BCUT2D eigenvalue weighted by molar-refractivity contribution is 7.98. The van der Waals surface area contributed by atoms with Crippen LogP contribution in [0.4, 0.5) is 5.69 Å². The Morgan fingerprint density at radius 1 is 1.00 bits per heavy atom. The number of allylic oxidation sites excluding steroid dienone is 2. The summed E-state index contributed by atoms with van der Waals surface area (Å²) in [5.41, 5.74) is 3.89. The molecule has 0 spiro atoms. The van der Waals surface area contributed by atoms with E-state index in [9.17, 15) is 15.3 Å². The fraction of sp³-hybridized carbons (Fsp3) is 0.226. The van der Waals surface area contributed by atoms with Crippen LogP contribution in [0.2, 0.25) is 5.02 Å². The monoisotopic (exact) mass is 528 g/mol. The van der Waals surface area contributed by atoms with Crippen LogP contribution in [-0.2, 0) is 4.79 Å². The van der Waals surface area contributed by atoms with Crippen molar-refractivity contribution in [2.45, 2.75) is 37.5 Å². The zero-order valence-corrected chi connectivity index (χ0v) is 22.7. The van der Waals surface area contributed by atoms with Crippen LogP contribution >= 0.6 is 23.4 Å². The third-order valence-corrected chi connectivity index (χ3v) is 8.05. The molecule has 3 aromatic carbocycles. The van der Waals surface area contributed by atoms with Crippen LogP contribution < -0.4 is 4.90 Å². The Hall–Kier alpha value is -3.28. The first kappa shape index (κ1) is 25.4. The topological polar surface area (TPSA) is 64.4 Å². The smallest absolute Gasteiger partial charge is 0.162 e. The molecule has 1 heterocycles. The molecule has 0 saturated heterocycles. The lowest BCUT2D eigenvalue weighted by atomic mass is 9.67. The summed E-state index contributed by atoms with van der Waals surface area (Å²) in [6, 6.07) is 24.7. The molecule has 2 aliphatic rings. The molecule has 0 aromatic heterocycles. The van der Waals surface area contributed by atoms with Crippen LogP contribution in [0.15, 0.2) is 101 Å². The number of hydrogen-bond acceptors (Lipinski definition) is 4. The number of aliphatic hydroxyl groups excluding tert-OH is 1. The van der Waals surface area contributed by atoms with Gasteiger partial charge in [0.25, 0.3) is 0 Å². The SMILES string of the molecule is CSc1ccc(C2C3=C(CC(C)(C)CC3=O)N(c3ccccc3)C(=N)/C2=C(/O)c2ccc(Cl)cc2)cc1. The molecule has 0 amide bonds. The van der Waals surface area contributed by atoms with Gasteiger partial charge in [-0.15, -0.1) is 11.8 Å². The molecule has 0 saturated carbocycles. The van der Waals surface area contributed by atoms with Gasteiger partial charge in [-0.25, -0.2) is 0 Å². The second-order valence-corrected chi connectivity index (χ2v) is 11.6. The normalized spacial score (nSPS) is 20.6. The van der Waals surface area contributed by atoms with Gasteiger partial charge in [0, 0.05) is 50.4 Å². The maximum atomic E-state index is 13.9. The molecule has 1 unspecified atom stereocenters. The fourth-order valence-corrected chi connectivity index (χ4v) is 5.90. The summed E-state index contributed by atoms with van der Waals surface area (Å²) in [6.07, 6.45) is 3.09. The summed E-state index contributed by atoms with van der Waals surface area (Å²) in [7, 11) is 0. The van der Waals surface area contributed by atoms with E-state index in [1.165, 1.54) is 0 Å². The highest BCUT2D eigenvalue weighted by atomic mass is 35.5. The third-order valence-electron chi connectivity index (χ3n) is 7.06. The lowest BCUT2D eigenvalue weighted by Gasteiger charge is -2.45. The molecule has 1 aliphatic heterocycles. The molecule has 2 N–H and O–H groups in total. The van der Waals surface area contributed by atoms with Crippen molar-refractivity contribution in [1.29, 1.82) is 5.41 Å². The molecular formula is C31H29ClN2O2S. The lowest BCUT2D eigenvalue weighted by Crippen LogP contribution is -2.45. The summed E-state index contributed by atoms with van der Waals surface area (Å²) in [6.45, 7) is 4.20. The average molecular weight is 529 g/mol. The molecule has 5 rings (SSSR count). The maximum Gasteiger partial charge on any atom is 0.162 e. The molecule has 37 heavy (non-hydrogen) atoms. The van der Waals surface area contributed by atoms with E-state index in [4.69, 9.17) is 11.6 Å². The van der Waals surface area contributed by atoms with Crippen molar-refractivity contribution >= 4 is 46.4 Å². The van der Waals surface area contributed by atoms with Crippen molar-refractivity contribution in [3.05, 3.63) is 112 Å². The minimum Gasteiger partial charge on any atom is -0.507 e. The van der Waals surface area contributed by atoms with E-state index < -0.39 is 5.92 Å². The van der Waals surface area contributed by atoms with Crippen LogP contribution in [0.1, 0.15) is 43.7 Å². The van der Waals surface area contributed by atoms with Gasteiger partial charge in [-0.2, -0.15) is 0 Å². The van der Waals surface area contributed by atoms with Crippen molar-refractivity contribution in [2.75, 3.05) is 11.2 Å². The van der Waals surface area contributed by atoms with E-state index in [0.717, 1.165) is 21.8 Å². The number of aliphatic hydroxyl groups is 1. The molecule has 4 nitrogen and oxygen atoms in total. The van der Waals surface area contributed by atoms with Gasteiger partial charge in [-0.3, -0.25) is 15.1 Å². The van der Waals surface area contributed by atoms with Gasteiger partial charge in [-0.1, -0.05) is 55.8 Å². The van der Waals surface area contributed by atoms with E-state index in [2.05, 4.69) is 13.8 Å². The van der Waals surface area contributed by atoms with Gasteiger partial charge in [0.1, 0.15) is 11.6 Å². The predicted molar refractivity (Wildman–Crippen MR) is 154 cm³/mol. The second-order valence-electron chi connectivity index (χ2n) is 10.3. The highest BCUT2D eigenvalue weighted by Crippen LogP contribution is 2.51. The molecule has 1 aliphatic carbocycles. The minimum atomic E-state index is -0.558. The zero-order chi connectivity index (χ0) is 26.3. The highest BCUT2D eigenvalue weighted by Gasteiger charge is 2.46. The zero-order valence-electron chi connectivity index (χ0n) is 21.1. The van der Waals surface area contributed by atoms with Crippen molar-refractivity contribution in [3.8, 4) is 0 Å². The molecule has 6 heteroatoms. The summed E-state index contributed by atoms with van der Waals surface area (Å²) in [5.74, 6) is -0.356. The number of ketones is 1. The predicted octanol–water partition coefficient (Wildman–Crippen LogP) is 8.26. The Balaban J connectivity index is 1.83. The van der Waals surface area contributed by atoms with Crippen LogP contribution in [-0.4, -0.2) is 23.0 Å². The number of amidine groups is 1. The van der Waals surface area contributed by atoms with Crippen molar-refractivity contribution in [3.63, 3.8) is 0 Å².